The molecule has 0 atom stereocenters. The molecule has 1 N–H and O–H groups in total. The Bertz CT molecular complexity index is 1410. The van der Waals surface area contributed by atoms with Crippen molar-refractivity contribution in [2.45, 2.75) is 47.1 Å². The van der Waals surface area contributed by atoms with Crippen molar-refractivity contribution in [1.82, 2.24) is 14.7 Å². The standard InChI is InChI=1S/C28H33N5O2S/c1-19-6-8-21(17-33(19)35-5)15-30-27(34)22-14-23(31-12-10-28(3,4)11-13-31)26-29-16-24(32(26)18-22)25-9-7-20(2)36-25/h6-9,14,16-18H,10-13,15H2,1-5H3/p+1. The maximum atomic E-state index is 13.4. The van der Waals surface area contributed by atoms with E-state index in [-0.39, 0.29) is 5.91 Å². The van der Waals surface area contributed by atoms with Crippen molar-refractivity contribution in [3.8, 4) is 10.6 Å². The molecule has 5 rings (SSSR count). The molecule has 0 radical (unpaired) electrons. The number of piperidine rings is 1. The van der Waals surface area contributed by atoms with Crippen LogP contribution in [0.5, 0.6) is 0 Å². The first-order valence-corrected chi connectivity index (χ1v) is 13.2. The van der Waals surface area contributed by atoms with Crippen LogP contribution in [-0.2, 0) is 6.54 Å². The third-order valence-electron chi connectivity index (χ3n) is 7.12. The molecule has 1 saturated heterocycles. The minimum Gasteiger partial charge on any atom is -0.368 e. The smallest absolute Gasteiger partial charge is 0.253 e. The molecular formula is C28H34N5O2S+. The van der Waals surface area contributed by atoms with Gasteiger partial charge in [0.05, 0.1) is 28.0 Å². The fourth-order valence-corrected chi connectivity index (χ4v) is 5.59. The van der Waals surface area contributed by atoms with Gasteiger partial charge in [-0.15, -0.1) is 11.3 Å². The Labute approximate surface area is 216 Å². The second kappa shape index (κ2) is 9.58. The molecule has 1 fully saturated rings. The van der Waals surface area contributed by atoms with E-state index < -0.39 is 0 Å². The zero-order chi connectivity index (χ0) is 25.4. The molecule has 4 aromatic heterocycles. The second-order valence-corrected chi connectivity index (χ2v) is 11.7. The van der Waals surface area contributed by atoms with Crippen LogP contribution in [0.1, 0.15) is 53.2 Å². The number of aromatic nitrogens is 3. The molecule has 0 bridgehead atoms. The van der Waals surface area contributed by atoms with E-state index in [0.29, 0.717) is 17.5 Å². The van der Waals surface area contributed by atoms with E-state index in [1.165, 1.54) is 4.88 Å². The Balaban J connectivity index is 1.49. The summed E-state index contributed by atoms with van der Waals surface area (Å²) in [6.45, 7) is 11.1. The number of carbonyl (C=O) groups excluding carboxylic acids is 1. The van der Waals surface area contributed by atoms with Gasteiger partial charge in [-0.25, -0.2) is 4.98 Å². The number of amides is 1. The van der Waals surface area contributed by atoms with Gasteiger partial charge in [0, 0.05) is 54.0 Å². The number of hydrogen-bond acceptors (Lipinski definition) is 5. The summed E-state index contributed by atoms with van der Waals surface area (Å²) in [4.78, 5) is 28.4. The van der Waals surface area contributed by atoms with Gasteiger partial charge in [0.2, 0.25) is 11.9 Å². The molecule has 5 heterocycles. The number of rotatable bonds is 6. The summed E-state index contributed by atoms with van der Waals surface area (Å²) < 4.78 is 3.78. The van der Waals surface area contributed by atoms with Crippen LogP contribution in [0.2, 0.25) is 0 Å². The highest BCUT2D eigenvalue weighted by molar-refractivity contribution is 7.15. The summed E-state index contributed by atoms with van der Waals surface area (Å²) in [5.41, 5.74) is 5.84. The Kier molecular flexibility index (Phi) is 6.47. The van der Waals surface area contributed by atoms with Crippen molar-refractivity contribution in [1.29, 1.82) is 0 Å². The van der Waals surface area contributed by atoms with Crippen LogP contribution in [-0.4, -0.2) is 35.5 Å². The third kappa shape index (κ3) is 4.82. The number of fused-ring (bicyclic) bond motifs is 1. The first kappa shape index (κ1) is 24.3. The van der Waals surface area contributed by atoms with E-state index in [2.05, 4.69) is 47.5 Å². The minimum absolute atomic E-state index is 0.109. The normalized spacial score (nSPS) is 15.3. The highest BCUT2D eigenvalue weighted by Gasteiger charge is 2.28. The maximum absolute atomic E-state index is 13.4. The lowest BCUT2D eigenvalue weighted by molar-refractivity contribution is -0.889. The van der Waals surface area contributed by atoms with Gasteiger partial charge >= 0.3 is 0 Å². The number of pyridine rings is 2. The lowest BCUT2D eigenvalue weighted by Gasteiger charge is -2.38. The number of nitrogens with zero attached hydrogens (tertiary/aromatic N) is 4. The molecule has 1 amide bonds. The Morgan fingerprint density at radius 1 is 1.19 bits per heavy atom. The molecule has 1 aliphatic rings. The van der Waals surface area contributed by atoms with E-state index in [1.807, 2.05) is 43.7 Å². The van der Waals surface area contributed by atoms with Crippen LogP contribution in [0.15, 0.2) is 48.9 Å². The van der Waals surface area contributed by atoms with Crippen LogP contribution < -0.4 is 19.8 Å². The van der Waals surface area contributed by atoms with E-state index in [1.54, 1.807) is 23.2 Å². The summed E-state index contributed by atoms with van der Waals surface area (Å²) in [6.07, 6.45) is 7.96. The Morgan fingerprint density at radius 2 is 1.97 bits per heavy atom. The SMILES string of the molecule is CO[n+]1cc(CNC(=O)c2cc(N3CCC(C)(C)CC3)c3ncc(-c4ccc(C)s4)n3c2)ccc1C. The van der Waals surface area contributed by atoms with Gasteiger partial charge in [0.25, 0.3) is 5.91 Å². The van der Waals surface area contributed by atoms with E-state index in [4.69, 9.17) is 9.82 Å². The monoisotopic (exact) mass is 504 g/mol. The fraction of sp³-hybridized carbons (Fsp3) is 0.393. The molecule has 0 aliphatic carbocycles. The predicted molar refractivity (Wildman–Crippen MR) is 144 cm³/mol. The molecule has 0 aromatic carbocycles. The van der Waals surface area contributed by atoms with Crippen molar-refractivity contribution < 1.29 is 14.4 Å². The molecule has 0 unspecified atom stereocenters. The minimum atomic E-state index is -0.109. The van der Waals surface area contributed by atoms with E-state index >= 15 is 0 Å². The zero-order valence-electron chi connectivity index (χ0n) is 21.7. The molecule has 7 nitrogen and oxygen atoms in total. The summed E-state index contributed by atoms with van der Waals surface area (Å²) in [5.74, 6) is -0.109. The number of aryl methyl sites for hydroxylation is 2. The third-order valence-corrected chi connectivity index (χ3v) is 8.14. The topological polar surface area (TPSA) is 62.8 Å². The largest absolute Gasteiger partial charge is 0.368 e. The van der Waals surface area contributed by atoms with Gasteiger partial charge in [-0.3, -0.25) is 14.0 Å². The van der Waals surface area contributed by atoms with E-state index in [0.717, 1.165) is 59.1 Å². The highest BCUT2D eigenvalue weighted by atomic mass is 32.1. The molecule has 188 valence electrons. The Morgan fingerprint density at radius 3 is 2.67 bits per heavy atom. The summed E-state index contributed by atoms with van der Waals surface area (Å²) in [7, 11) is 1.63. The first-order chi connectivity index (χ1) is 17.2. The maximum Gasteiger partial charge on any atom is 0.253 e. The van der Waals surface area contributed by atoms with Crippen LogP contribution in [0.3, 0.4) is 0 Å². The first-order valence-electron chi connectivity index (χ1n) is 12.4. The molecule has 1 aliphatic heterocycles. The number of hydrogen-bond donors (Lipinski definition) is 1. The van der Waals surface area contributed by atoms with Crippen molar-refractivity contribution >= 4 is 28.6 Å². The fourth-order valence-electron chi connectivity index (χ4n) is 4.72. The van der Waals surface area contributed by atoms with Crippen LogP contribution in [0, 0.1) is 19.3 Å². The van der Waals surface area contributed by atoms with Crippen molar-refractivity contribution in [3.63, 3.8) is 0 Å². The lowest BCUT2D eigenvalue weighted by Crippen LogP contribution is -2.43. The average molecular weight is 505 g/mol. The van der Waals surface area contributed by atoms with Crippen molar-refractivity contribution in [3.05, 3.63) is 70.6 Å². The average Bonchev–Trinajstić information content (AvgIpc) is 3.48. The summed E-state index contributed by atoms with van der Waals surface area (Å²) in [6, 6.07) is 10.2. The van der Waals surface area contributed by atoms with Crippen molar-refractivity contribution in [2.75, 3.05) is 25.1 Å². The number of imidazole rings is 1. The molecule has 0 saturated carbocycles. The Hall–Kier alpha value is -3.39. The molecule has 4 aromatic rings. The number of carbonyl (C=O) groups is 1. The summed E-state index contributed by atoms with van der Waals surface area (Å²) >= 11 is 1.74. The second-order valence-electron chi connectivity index (χ2n) is 10.4. The molecular weight excluding hydrogens is 470 g/mol. The quantitative estimate of drug-likeness (QED) is 0.391. The summed E-state index contributed by atoms with van der Waals surface area (Å²) in [5, 5.41) is 3.09. The lowest BCUT2D eigenvalue weighted by atomic mass is 9.82. The molecule has 0 spiro atoms. The number of thiophene rings is 1. The number of anilines is 1. The van der Waals surface area contributed by atoms with Crippen LogP contribution in [0.25, 0.3) is 16.2 Å². The van der Waals surface area contributed by atoms with Crippen molar-refractivity contribution in [2.24, 2.45) is 5.41 Å². The van der Waals surface area contributed by atoms with Gasteiger partial charge in [0.1, 0.15) is 7.11 Å². The van der Waals surface area contributed by atoms with Gasteiger partial charge in [0.15, 0.2) is 5.65 Å². The van der Waals surface area contributed by atoms with Gasteiger partial charge in [-0.2, -0.15) is 0 Å². The van der Waals surface area contributed by atoms with Gasteiger partial charge in [-0.05, 0) is 49.4 Å². The van der Waals surface area contributed by atoms with Gasteiger partial charge < -0.3 is 10.2 Å². The highest BCUT2D eigenvalue weighted by Crippen LogP contribution is 2.36. The number of nitrogens with one attached hydrogen (secondary N) is 1. The van der Waals surface area contributed by atoms with Crippen LogP contribution in [0.4, 0.5) is 5.69 Å². The van der Waals surface area contributed by atoms with Crippen LogP contribution >= 0.6 is 11.3 Å². The molecule has 8 heteroatoms. The van der Waals surface area contributed by atoms with Gasteiger partial charge in [-0.1, -0.05) is 13.8 Å². The molecule has 36 heavy (non-hydrogen) atoms. The van der Waals surface area contributed by atoms with E-state index in [9.17, 15) is 4.79 Å². The predicted octanol–water partition coefficient (Wildman–Crippen LogP) is 4.58. The zero-order valence-corrected chi connectivity index (χ0v) is 22.5.